The summed E-state index contributed by atoms with van der Waals surface area (Å²) in [5.74, 6) is 1.11. The second-order valence-electron chi connectivity index (χ2n) is 5.44. The van der Waals surface area contributed by atoms with E-state index in [0.29, 0.717) is 18.7 Å². The van der Waals surface area contributed by atoms with Crippen molar-refractivity contribution >= 4 is 23.4 Å². The van der Waals surface area contributed by atoms with Crippen molar-refractivity contribution in [1.82, 2.24) is 0 Å². The summed E-state index contributed by atoms with van der Waals surface area (Å²) >= 11 is 1.76. The Labute approximate surface area is 129 Å². The summed E-state index contributed by atoms with van der Waals surface area (Å²) in [5.41, 5.74) is 0.118. The van der Waals surface area contributed by atoms with E-state index in [9.17, 15) is 9.90 Å². The van der Waals surface area contributed by atoms with E-state index in [1.165, 1.54) is 0 Å². The molecule has 1 fully saturated rings. The molecule has 0 aromatic rings. The second-order valence-corrected chi connectivity index (χ2v) is 6.55. The number of carbonyl (C=O) groups is 1. The maximum absolute atomic E-state index is 12.4. The highest BCUT2D eigenvalue weighted by atomic mass is 32.2. The minimum atomic E-state index is -0.557. The van der Waals surface area contributed by atoms with Gasteiger partial charge in [0.05, 0.1) is 11.6 Å². The first kappa shape index (κ1) is 16.2. The molecule has 1 saturated heterocycles. The van der Waals surface area contributed by atoms with E-state index in [-0.39, 0.29) is 17.3 Å². The zero-order chi connectivity index (χ0) is 15.5. The van der Waals surface area contributed by atoms with Gasteiger partial charge in [-0.15, -0.1) is 0 Å². The summed E-state index contributed by atoms with van der Waals surface area (Å²) in [6, 6.07) is 0. The molecule has 5 nitrogen and oxygen atoms in total. The van der Waals surface area contributed by atoms with Gasteiger partial charge < -0.3 is 14.7 Å². The number of carbonyl (C=O) groups excluding carboxylic acids is 1. The van der Waals surface area contributed by atoms with Crippen LogP contribution in [-0.4, -0.2) is 40.5 Å². The lowest BCUT2D eigenvalue weighted by atomic mass is 9.81. The van der Waals surface area contributed by atoms with Gasteiger partial charge in [0.25, 0.3) is 0 Å². The number of thioether (sulfide) groups is 1. The zero-order valence-electron chi connectivity index (χ0n) is 12.8. The SMILES string of the molecule is CCCC(=NOCC)C1=C(O)C(C)C2(CCSC2)OC1=O. The molecule has 2 heterocycles. The Kier molecular flexibility index (Phi) is 5.19. The van der Waals surface area contributed by atoms with E-state index < -0.39 is 11.6 Å². The van der Waals surface area contributed by atoms with Crippen LogP contribution >= 0.6 is 11.8 Å². The average Bonchev–Trinajstić information content (AvgIpc) is 2.92. The van der Waals surface area contributed by atoms with Crippen LogP contribution in [0.3, 0.4) is 0 Å². The topological polar surface area (TPSA) is 68.1 Å². The van der Waals surface area contributed by atoms with Crippen molar-refractivity contribution < 1.29 is 19.5 Å². The van der Waals surface area contributed by atoms with E-state index in [0.717, 1.165) is 24.3 Å². The van der Waals surface area contributed by atoms with Gasteiger partial charge in [0.15, 0.2) is 0 Å². The van der Waals surface area contributed by atoms with Crippen molar-refractivity contribution in [2.75, 3.05) is 18.1 Å². The lowest BCUT2D eigenvalue weighted by Crippen LogP contribution is -2.47. The highest BCUT2D eigenvalue weighted by molar-refractivity contribution is 7.99. The lowest BCUT2D eigenvalue weighted by Gasteiger charge is -2.38. The highest BCUT2D eigenvalue weighted by Crippen LogP contribution is 2.44. The molecule has 1 spiro atoms. The average molecular weight is 313 g/mol. The third-order valence-electron chi connectivity index (χ3n) is 4.05. The predicted octanol–water partition coefficient (Wildman–Crippen LogP) is 3.06. The fourth-order valence-electron chi connectivity index (χ4n) is 2.74. The van der Waals surface area contributed by atoms with Crippen LogP contribution in [0.25, 0.3) is 0 Å². The molecule has 0 aromatic carbocycles. The molecule has 0 aromatic heterocycles. The van der Waals surface area contributed by atoms with Gasteiger partial charge in [0, 0.05) is 5.75 Å². The molecule has 0 bridgehead atoms. The molecule has 118 valence electrons. The summed E-state index contributed by atoms with van der Waals surface area (Å²) in [5, 5.41) is 14.6. The number of nitrogens with zero attached hydrogens (tertiary/aromatic N) is 1. The first-order valence-electron chi connectivity index (χ1n) is 7.49. The predicted molar refractivity (Wildman–Crippen MR) is 83.6 cm³/mol. The van der Waals surface area contributed by atoms with Crippen LogP contribution < -0.4 is 0 Å². The number of ether oxygens (including phenoxy) is 1. The van der Waals surface area contributed by atoms with Gasteiger partial charge in [0.2, 0.25) is 0 Å². The van der Waals surface area contributed by atoms with E-state index in [4.69, 9.17) is 9.57 Å². The van der Waals surface area contributed by atoms with Crippen molar-refractivity contribution in [3.05, 3.63) is 11.3 Å². The lowest BCUT2D eigenvalue weighted by molar-refractivity contribution is -0.160. The molecule has 2 atom stereocenters. The number of hydrogen-bond acceptors (Lipinski definition) is 6. The highest BCUT2D eigenvalue weighted by Gasteiger charge is 2.50. The van der Waals surface area contributed by atoms with Gasteiger partial charge in [-0.25, -0.2) is 4.79 Å². The number of oxime groups is 1. The standard InChI is InChI=1S/C15H23NO4S/c1-4-6-11(16-19-5-2)12-13(17)10(3)15(20-14(12)18)7-8-21-9-15/h10,17H,4-9H2,1-3H3. The molecular weight excluding hydrogens is 290 g/mol. The van der Waals surface area contributed by atoms with Crippen LogP contribution in [0.1, 0.15) is 40.0 Å². The first-order valence-corrected chi connectivity index (χ1v) is 8.64. The molecule has 0 saturated carbocycles. The van der Waals surface area contributed by atoms with Crippen LogP contribution in [0.5, 0.6) is 0 Å². The molecule has 2 aliphatic rings. The Hall–Kier alpha value is -1.17. The first-order chi connectivity index (χ1) is 10.1. The van der Waals surface area contributed by atoms with Crippen molar-refractivity contribution in [3.8, 4) is 0 Å². The molecule has 2 unspecified atom stereocenters. The Bertz CT molecular complexity index is 466. The maximum atomic E-state index is 12.4. The second kappa shape index (κ2) is 6.73. The Balaban J connectivity index is 2.36. The summed E-state index contributed by atoms with van der Waals surface area (Å²) in [6.07, 6.45) is 2.17. The molecule has 1 N–H and O–H groups in total. The number of rotatable bonds is 5. The van der Waals surface area contributed by atoms with Gasteiger partial charge >= 0.3 is 5.97 Å². The summed E-state index contributed by atoms with van der Waals surface area (Å²) < 4.78 is 5.72. The number of esters is 1. The minimum Gasteiger partial charge on any atom is -0.511 e. The smallest absolute Gasteiger partial charge is 0.344 e. The van der Waals surface area contributed by atoms with E-state index in [1.807, 2.05) is 20.8 Å². The fourth-order valence-corrected chi connectivity index (χ4v) is 4.17. The van der Waals surface area contributed by atoms with Crippen LogP contribution in [0.2, 0.25) is 0 Å². The number of aliphatic hydroxyl groups excluding tert-OH is 1. The summed E-state index contributed by atoms with van der Waals surface area (Å²) in [7, 11) is 0. The minimum absolute atomic E-state index is 0.0978. The van der Waals surface area contributed by atoms with Crippen LogP contribution in [0.4, 0.5) is 0 Å². The fraction of sp³-hybridized carbons (Fsp3) is 0.733. The Morgan fingerprint density at radius 2 is 2.33 bits per heavy atom. The third-order valence-corrected chi connectivity index (χ3v) is 5.24. The van der Waals surface area contributed by atoms with E-state index in [1.54, 1.807) is 11.8 Å². The van der Waals surface area contributed by atoms with Crippen molar-refractivity contribution in [1.29, 1.82) is 0 Å². The van der Waals surface area contributed by atoms with E-state index >= 15 is 0 Å². The monoisotopic (exact) mass is 313 g/mol. The molecule has 0 amide bonds. The van der Waals surface area contributed by atoms with Gasteiger partial charge in [0.1, 0.15) is 23.5 Å². The largest absolute Gasteiger partial charge is 0.511 e. The van der Waals surface area contributed by atoms with Crippen molar-refractivity contribution in [2.45, 2.75) is 45.6 Å². The van der Waals surface area contributed by atoms with Gasteiger partial charge in [-0.2, -0.15) is 11.8 Å². The molecule has 0 radical (unpaired) electrons. The quantitative estimate of drug-likeness (QED) is 0.480. The van der Waals surface area contributed by atoms with E-state index in [2.05, 4.69) is 5.16 Å². The van der Waals surface area contributed by atoms with Gasteiger partial charge in [-0.3, -0.25) is 0 Å². The maximum Gasteiger partial charge on any atom is 0.344 e. The van der Waals surface area contributed by atoms with Crippen molar-refractivity contribution in [3.63, 3.8) is 0 Å². The Morgan fingerprint density at radius 1 is 1.57 bits per heavy atom. The normalized spacial score (nSPS) is 30.0. The number of hydrogen-bond donors (Lipinski definition) is 1. The summed E-state index contributed by atoms with van der Waals surface area (Å²) in [6.45, 7) is 6.16. The Morgan fingerprint density at radius 3 is 2.90 bits per heavy atom. The third kappa shape index (κ3) is 3.05. The molecule has 2 rings (SSSR count). The number of aliphatic hydroxyl groups is 1. The van der Waals surface area contributed by atoms with Crippen LogP contribution in [-0.2, 0) is 14.4 Å². The molecule has 21 heavy (non-hydrogen) atoms. The summed E-state index contributed by atoms with van der Waals surface area (Å²) in [4.78, 5) is 17.5. The van der Waals surface area contributed by atoms with Crippen LogP contribution in [0.15, 0.2) is 16.5 Å². The molecule has 0 aliphatic carbocycles. The van der Waals surface area contributed by atoms with Gasteiger partial charge in [-0.1, -0.05) is 25.4 Å². The van der Waals surface area contributed by atoms with Crippen LogP contribution in [0, 0.1) is 5.92 Å². The molecule has 6 heteroatoms. The van der Waals surface area contributed by atoms with Crippen molar-refractivity contribution in [2.24, 2.45) is 11.1 Å². The molecular formula is C15H23NO4S. The zero-order valence-corrected chi connectivity index (χ0v) is 13.7. The van der Waals surface area contributed by atoms with Gasteiger partial charge in [-0.05, 0) is 25.5 Å². The molecule has 2 aliphatic heterocycles.